The van der Waals surface area contributed by atoms with Gasteiger partial charge in [0, 0.05) is 17.0 Å². The molecule has 2 nitrogen and oxygen atoms in total. The Balaban J connectivity index is 1.91. The van der Waals surface area contributed by atoms with Gasteiger partial charge in [0.2, 0.25) is 0 Å². The molecule has 0 bridgehead atoms. The van der Waals surface area contributed by atoms with Crippen LogP contribution in [-0.2, 0) is 0 Å². The molecule has 31 heavy (non-hydrogen) atoms. The third-order valence-electron chi connectivity index (χ3n) is 5.74. The second-order valence-electron chi connectivity index (χ2n) is 7.80. The fourth-order valence-electron chi connectivity index (χ4n) is 4.24. The number of hydrogen-bond acceptors (Lipinski definition) is 2. The smallest absolute Gasteiger partial charge is 0.344 e. The van der Waals surface area contributed by atoms with Crippen molar-refractivity contribution in [1.82, 2.24) is 0 Å². The molecule has 0 saturated carbocycles. The number of aryl methyl sites for hydroxylation is 1. The zero-order valence-electron chi connectivity index (χ0n) is 17.3. The normalized spacial score (nSPS) is 12.0. The van der Waals surface area contributed by atoms with Crippen LogP contribution in [-0.4, -0.2) is 0 Å². The number of benzene rings is 4. The Kier molecular flexibility index (Phi) is 4.97. The lowest BCUT2D eigenvalue weighted by molar-refractivity contribution is 0.528. The summed E-state index contributed by atoms with van der Waals surface area (Å²) in [6.45, 7) is 2.09. The third kappa shape index (κ3) is 3.57. The topological polar surface area (TPSA) is 30.2 Å². The minimum absolute atomic E-state index is 0.0775. The lowest BCUT2D eigenvalue weighted by atomic mass is 9.81. The van der Waals surface area contributed by atoms with Crippen LogP contribution < -0.4 is 5.63 Å². The summed E-state index contributed by atoms with van der Waals surface area (Å²) in [6, 6.07) is 36.6. The molecule has 4 aromatic carbocycles. The van der Waals surface area contributed by atoms with Crippen molar-refractivity contribution in [2.24, 2.45) is 0 Å². The van der Waals surface area contributed by atoms with Gasteiger partial charge in [0.05, 0.1) is 5.39 Å². The minimum Gasteiger partial charge on any atom is -0.422 e. The molecule has 1 heterocycles. The van der Waals surface area contributed by atoms with Crippen LogP contribution in [0.15, 0.2) is 118 Å². The van der Waals surface area contributed by atoms with Gasteiger partial charge in [-0.25, -0.2) is 4.79 Å². The van der Waals surface area contributed by atoms with E-state index >= 15 is 0 Å². The summed E-state index contributed by atoms with van der Waals surface area (Å²) >= 11 is 0. The Bertz CT molecular complexity index is 1380. The number of hydrogen-bond donors (Lipinski definition) is 0. The molecule has 0 aliphatic heterocycles. The maximum atomic E-state index is 12.9. The van der Waals surface area contributed by atoms with E-state index in [9.17, 15) is 4.79 Å². The Labute approximate surface area is 181 Å². The quantitative estimate of drug-likeness (QED) is 0.326. The molecular weight excluding hydrogens is 380 g/mol. The summed E-state index contributed by atoms with van der Waals surface area (Å²) in [4.78, 5) is 12.9. The second-order valence-corrected chi connectivity index (χ2v) is 7.80. The SMILES string of the molecule is Cc1ccc(C(c2ccccc2)c2c(-c3ccccc3)oc(=O)c3ccccc23)cc1. The Morgan fingerprint density at radius 3 is 1.84 bits per heavy atom. The van der Waals surface area contributed by atoms with E-state index in [1.165, 1.54) is 5.56 Å². The van der Waals surface area contributed by atoms with Gasteiger partial charge in [0.1, 0.15) is 5.76 Å². The van der Waals surface area contributed by atoms with Crippen molar-refractivity contribution in [2.75, 3.05) is 0 Å². The zero-order valence-corrected chi connectivity index (χ0v) is 17.3. The molecule has 0 saturated heterocycles. The molecule has 1 atom stereocenters. The highest BCUT2D eigenvalue weighted by Crippen LogP contribution is 2.41. The Morgan fingerprint density at radius 2 is 1.16 bits per heavy atom. The Morgan fingerprint density at radius 1 is 0.613 bits per heavy atom. The maximum absolute atomic E-state index is 12.9. The van der Waals surface area contributed by atoms with Gasteiger partial charge in [-0.1, -0.05) is 109 Å². The van der Waals surface area contributed by atoms with Gasteiger partial charge in [-0.2, -0.15) is 0 Å². The third-order valence-corrected chi connectivity index (χ3v) is 5.74. The standard InChI is InChI=1S/C29H22O2/c1-20-16-18-22(19-17-20)26(21-10-4-2-5-11-21)27-24-14-8-9-15-25(24)29(30)31-28(27)23-12-6-3-7-13-23/h2-19,26H,1H3. The van der Waals surface area contributed by atoms with Crippen molar-refractivity contribution >= 4 is 10.8 Å². The van der Waals surface area contributed by atoms with Crippen LogP contribution in [0.2, 0.25) is 0 Å². The lowest BCUT2D eigenvalue weighted by Crippen LogP contribution is -2.11. The fraction of sp³-hybridized carbons (Fsp3) is 0.0690. The van der Waals surface area contributed by atoms with E-state index in [1.807, 2.05) is 60.7 Å². The number of rotatable bonds is 4. The van der Waals surface area contributed by atoms with E-state index in [0.29, 0.717) is 11.1 Å². The van der Waals surface area contributed by atoms with Crippen molar-refractivity contribution in [2.45, 2.75) is 12.8 Å². The molecule has 0 amide bonds. The van der Waals surface area contributed by atoms with E-state index in [4.69, 9.17) is 4.42 Å². The first-order valence-corrected chi connectivity index (χ1v) is 10.4. The molecule has 0 radical (unpaired) electrons. The van der Waals surface area contributed by atoms with Crippen LogP contribution in [0.3, 0.4) is 0 Å². The van der Waals surface area contributed by atoms with Crippen LogP contribution >= 0.6 is 0 Å². The van der Waals surface area contributed by atoms with Gasteiger partial charge in [-0.3, -0.25) is 0 Å². The maximum Gasteiger partial charge on any atom is 0.344 e. The summed E-state index contributed by atoms with van der Waals surface area (Å²) in [5.74, 6) is 0.546. The summed E-state index contributed by atoms with van der Waals surface area (Å²) in [5.41, 5.74) is 5.12. The summed E-state index contributed by atoms with van der Waals surface area (Å²) in [6.07, 6.45) is 0. The molecule has 1 unspecified atom stereocenters. The van der Waals surface area contributed by atoms with Crippen molar-refractivity contribution in [3.8, 4) is 11.3 Å². The molecule has 0 spiro atoms. The van der Waals surface area contributed by atoms with Gasteiger partial charge in [0.25, 0.3) is 0 Å². The Hall–Kier alpha value is -3.91. The predicted molar refractivity (Wildman–Crippen MR) is 126 cm³/mol. The minimum atomic E-state index is -0.311. The van der Waals surface area contributed by atoms with Crippen LogP contribution in [0.1, 0.15) is 28.2 Å². The van der Waals surface area contributed by atoms with Crippen molar-refractivity contribution in [1.29, 1.82) is 0 Å². The molecular formula is C29H22O2. The van der Waals surface area contributed by atoms with Gasteiger partial charge < -0.3 is 4.42 Å². The van der Waals surface area contributed by atoms with Gasteiger partial charge >= 0.3 is 5.63 Å². The predicted octanol–water partition coefficient (Wildman–Crippen LogP) is 6.95. The van der Waals surface area contributed by atoms with Crippen LogP contribution in [0.5, 0.6) is 0 Å². The second kappa shape index (κ2) is 8.08. The number of fused-ring (bicyclic) bond motifs is 1. The first-order chi connectivity index (χ1) is 15.2. The molecule has 0 aliphatic rings. The monoisotopic (exact) mass is 402 g/mol. The molecule has 5 rings (SSSR count). The first-order valence-electron chi connectivity index (χ1n) is 10.4. The van der Waals surface area contributed by atoms with Crippen molar-refractivity contribution in [3.05, 3.63) is 142 Å². The van der Waals surface area contributed by atoms with Crippen LogP contribution in [0, 0.1) is 6.92 Å². The molecule has 1 aromatic heterocycles. The highest BCUT2D eigenvalue weighted by atomic mass is 16.4. The van der Waals surface area contributed by atoms with E-state index < -0.39 is 0 Å². The van der Waals surface area contributed by atoms with Crippen molar-refractivity contribution < 1.29 is 4.42 Å². The first kappa shape index (κ1) is 19.1. The average Bonchev–Trinajstić information content (AvgIpc) is 2.83. The van der Waals surface area contributed by atoms with Crippen LogP contribution in [0.25, 0.3) is 22.1 Å². The van der Waals surface area contributed by atoms with E-state index in [0.717, 1.165) is 27.6 Å². The molecule has 150 valence electrons. The average molecular weight is 402 g/mol. The van der Waals surface area contributed by atoms with E-state index in [2.05, 4.69) is 55.5 Å². The van der Waals surface area contributed by atoms with Crippen molar-refractivity contribution in [3.63, 3.8) is 0 Å². The van der Waals surface area contributed by atoms with E-state index in [1.54, 1.807) is 0 Å². The molecule has 0 aliphatic carbocycles. The fourth-order valence-corrected chi connectivity index (χ4v) is 4.24. The van der Waals surface area contributed by atoms with Gasteiger partial charge in [0.15, 0.2) is 0 Å². The molecule has 5 aromatic rings. The largest absolute Gasteiger partial charge is 0.422 e. The molecule has 0 fully saturated rings. The van der Waals surface area contributed by atoms with Gasteiger partial charge in [-0.05, 0) is 29.5 Å². The lowest BCUT2D eigenvalue weighted by Gasteiger charge is -2.23. The zero-order chi connectivity index (χ0) is 21.2. The van der Waals surface area contributed by atoms with Gasteiger partial charge in [-0.15, -0.1) is 0 Å². The highest BCUT2D eigenvalue weighted by Gasteiger charge is 2.26. The summed E-state index contributed by atoms with van der Waals surface area (Å²) in [5, 5.41) is 1.53. The summed E-state index contributed by atoms with van der Waals surface area (Å²) in [7, 11) is 0. The highest BCUT2D eigenvalue weighted by molar-refractivity contribution is 5.90. The van der Waals surface area contributed by atoms with E-state index in [-0.39, 0.29) is 11.5 Å². The molecule has 0 N–H and O–H groups in total. The molecule has 2 heteroatoms. The van der Waals surface area contributed by atoms with Crippen LogP contribution in [0.4, 0.5) is 0 Å². The summed E-state index contributed by atoms with van der Waals surface area (Å²) < 4.78 is 6.00.